The highest BCUT2D eigenvalue weighted by Gasteiger charge is 2.20. The zero-order chi connectivity index (χ0) is 9.38. The topological polar surface area (TPSA) is 12.0 Å². The van der Waals surface area contributed by atoms with Crippen LogP contribution in [-0.4, -0.2) is 6.54 Å². The first-order valence-electron chi connectivity index (χ1n) is 4.80. The molecule has 0 aromatic carbocycles. The second-order valence-electron chi connectivity index (χ2n) is 3.47. The molecule has 1 aliphatic rings. The Morgan fingerprint density at radius 1 is 1.21 bits per heavy atom. The summed E-state index contributed by atoms with van der Waals surface area (Å²) in [5.41, 5.74) is 0. The zero-order valence-electron chi connectivity index (χ0n) is 7.69. The lowest BCUT2D eigenvalue weighted by atomic mass is 10.1. The van der Waals surface area contributed by atoms with Crippen LogP contribution in [0.15, 0.2) is 29.6 Å². The fourth-order valence-electron chi connectivity index (χ4n) is 1.62. The third kappa shape index (κ3) is 1.41. The largest absolute Gasteiger partial charge is 0.309 e. The maximum Gasteiger partial charge on any atom is 0.0446 e. The molecule has 0 radical (unpaired) electrons. The highest BCUT2D eigenvalue weighted by molar-refractivity contribution is 7.21. The molecule has 3 heterocycles. The van der Waals surface area contributed by atoms with Gasteiger partial charge in [-0.1, -0.05) is 6.07 Å². The Balaban J connectivity index is 1.90. The Bertz CT molecular complexity index is 412. The predicted octanol–water partition coefficient (Wildman–Crippen LogP) is 3.51. The van der Waals surface area contributed by atoms with Gasteiger partial charge in [-0.05, 0) is 36.5 Å². The van der Waals surface area contributed by atoms with Crippen LogP contribution in [0.5, 0.6) is 0 Å². The number of thiophene rings is 2. The summed E-state index contributed by atoms with van der Waals surface area (Å²) in [6, 6.07) is 9.44. The van der Waals surface area contributed by atoms with E-state index in [1.165, 1.54) is 27.6 Å². The smallest absolute Gasteiger partial charge is 0.0446 e. The summed E-state index contributed by atoms with van der Waals surface area (Å²) >= 11 is 3.74. The third-order valence-corrected chi connectivity index (χ3v) is 4.82. The summed E-state index contributed by atoms with van der Waals surface area (Å²) < 4.78 is 0. The van der Waals surface area contributed by atoms with Gasteiger partial charge in [0.15, 0.2) is 0 Å². The first kappa shape index (κ1) is 8.65. The van der Waals surface area contributed by atoms with E-state index in [2.05, 4.69) is 35.0 Å². The molecule has 3 heteroatoms. The van der Waals surface area contributed by atoms with Gasteiger partial charge in [-0.25, -0.2) is 0 Å². The summed E-state index contributed by atoms with van der Waals surface area (Å²) in [6.45, 7) is 1.18. The van der Waals surface area contributed by atoms with Crippen molar-refractivity contribution in [3.8, 4) is 9.75 Å². The summed E-state index contributed by atoms with van der Waals surface area (Å²) in [7, 11) is 0. The maximum absolute atomic E-state index is 3.43. The van der Waals surface area contributed by atoms with Gasteiger partial charge in [-0.2, -0.15) is 0 Å². The zero-order valence-corrected chi connectivity index (χ0v) is 9.33. The molecule has 1 nitrogen and oxygen atoms in total. The lowest BCUT2D eigenvalue weighted by molar-refractivity contribution is 0.389. The first-order valence-corrected chi connectivity index (χ1v) is 6.50. The van der Waals surface area contributed by atoms with Gasteiger partial charge in [0.1, 0.15) is 0 Å². The third-order valence-electron chi connectivity index (χ3n) is 2.56. The standard InChI is InChI=1S/C11H11NS2/c1-2-10(13-7-1)11-4-3-9(14-11)8-5-6-12-8/h1-4,7-8,12H,5-6H2/t8-/m0/s1. The summed E-state index contributed by atoms with van der Waals surface area (Å²) in [5.74, 6) is 0. The highest BCUT2D eigenvalue weighted by atomic mass is 32.1. The first-order chi connectivity index (χ1) is 6.93. The molecule has 1 saturated heterocycles. The molecular weight excluding hydrogens is 210 g/mol. The summed E-state index contributed by atoms with van der Waals surface area (Å²) in [4.78, 5) is 4.28. The van der Waals surface area contributed by atoms with E-state index in [4.69, 9.17) is 0 Å². The van der Waals surface area contributed by atoms with E-state index in [-0.39, 0.29) is 0 Å². The number of hydrogen-bond acceptors (Lipinski definition) is 3. The molecule has 14 heavy (non-hydrogen) atoms. The molecule has 2 aromatic heterocycles. The average molecular weight is 221 g/mol. The molecule has 0 bridgehead atoms. The lowest BCUT2D eigenvalue weighted by Gasteiger charge is -2.26. The van der Waals surface area contributed by atoms with Crippen molar-refractivity contribution in [2.24, 2.45) is 0 Å². The van der Waals surface area contributed by atoms with E-state index in [1.54, 1.807) is 0 Å². The molecule has 1 N–H and O–H groups in total. The molecule has 0 spiro atoms. The van der Waals surface area contributed by atoms with Crippen LogP contribution in [0.3, 0.4) is 0 Å². The molecule has 3 rings (SSSR count). The normalized spacial score (nSPS) is 20.7. The van der Waals surface area contributed by atoms with Crippen molar-refractivity contribution in [2.45, 2.75) is 12.5 Å². The molecule has 0 unspecified atom stereocenters. The van der Waals surface area contributed by atoms with Gasteiger partial charge < -0.3 is 5.32 Å². The van der Waals surface area contributed by atoms with Gasteiger partial charge in [0.2, 0.25) is 0 Å². The SMILES string of the molecule is c1csc(-c2ccc([C@@H]3CCN3)s2)c1. The van der Waals surface area contributed by atoms with Gasteiger partial charge >= 0.3 is 0 Å². The minimum absolute atomic E-state index is 0.633. The molecule has 1 fully saturated rings. The lowest BCUT2D eigenvalue weighted by Crippen LogP contribution is -2.34. The van der Waals surface area contributed by atoms with E-state index >= 15 is 0 Å². The molecule has 1 aliphatic heterocycles. The van der Waals surface area contributed by atoms with Crippen molar-refractivity contribution < 1.29 is 0 Å². The van der Waals surface area contributed by atoms with Crippen molar-refractivity contribution in [3.05, 3.63) is 34.5 Å². The summed E-state index contributed by atoms with van der Waals surface area (Å²) in [6.07, 6.45) is 1.30. The van der Waals surface area contributed by atoms with Crippen molar-refractivity contribution >= 4 is 22.7 Å². The van der Waals surface area contributed by atoms with Crippen molar-refractivity contribution in [3.63, 3.8) is 0 Å². The average Bonchev–Trinajstić information content (AvgIpc) is 2.65. The van der Waals surface area contributed by atoms with E-state index in [1.807, 2.05) is 22.7 Å². The molecule has 1 atom stereocenters. The van der Waals surface area contributed by atoms with E-state index in [0.717, 1.165) is 0 Å². The second-order valence-corrected chi connectivity index (χ2v) is 5.54. The Morgan fingerprint density at radius 2 is 2.14 bits per heavy atom. The van der Waals surface area contributed by atoms with Crippen molar-refractivity contribution in [2.75, 3.05) is 6.54 Å². The summed E-state index contributed by atoms with van der Waals surface area (Å²) in [5, 5.41) is 5.57. The van der Waals surface area contributed by atoms with Crippen LogP contribution in [0.2, 0.25) is 0 Å². The maximum atomic E-state index is 3.43. The minimum atomic E-state index is 0.633. The van der Waals surface area contributed by atoms with Crippen LogP contribution >= 0.6 is 22.7 Å². The number of nitrogens with one attached hydrogen (secondary N) is 1. The van der Waals surface area contributed by atoms with Crippen LogP contribution in [0.1, 0.15) is 17.3 Å². The Morgan fingerprint density at radius 3 is 2.79 bits per heavy atom. The van der Waals surface area contributed by atoms with Gasteiger partial charge in [-0.15, -0.1) is 22.7 Å². The van der Waals surface area contributed by atoms with Crippen LogP contribution in [0.25, 0.3) is 9.75 Å². The van der Waals surface area contributed by atoms with Gasteiger partial charge in [-0.3, -0.25) is 0 Å². The van der Waals surface area contributed by atoms with Gasteiger partial charge in [0, 0.05) is 20.7 Å². The Hall–Kier alpha value is -0.640. The van der Waals surface area contributed by atoms with Crippen LogP contribution in [0.4, 0.5) is 0 Å². The minimum Gasteiger partial charge on any atom is -0.309 e. The molecule has 0 amide bonds. The molecular formula is C11H11NS2. The van der Waals surface area contributed by atoms with Crippen LogP contribution < -0.4 is 5.32 Å². The molecule has 0 saturated carbocycles. The highest BCUT2D eigenvalue weighted by Crippen LogP contribution is 2.36. The molecule has 2 aromatic rings. The second kappa shape index (κ2) is 3.50. The van der Waals surface area contributed by atoms with Crippen molar-refractivity contribution in [1.82, 2.24) is 5.32 Å². The van der Waals surface area contributed by atoms with E-state index < -0.39 is 0 Å². The van der Waals surface area contributed by atoms with Crippen LogP contribution in [-0.2, 0) is 0 Å². The monoisotopic (exact) mass is 221 g/mol. The Kier molecular flexibility index (Phi) is 2.16. The fourth-order valence-corrected chi connectivity index (χ4v) is 3.58. The van der Waals surface area contributed by atoms with Crippen molar-refractivity contribution in [1.29, 1.82) is 0 Å². The van der Waals surface area contributed by atoms with E-state index in [9.17, 15) is 0 Å². The fraction of sp³-hybridized carbons (Fsp3) is 0.273. The van der Waals surface area contributed by atoms with Crippen LogP contribution in [0, 0.1) is 0 Å². The number of rotatable bonds is 2. The van der Waals surface area contributed by atoms with Gasteiger partial charge in [0.25, 0.3) is 0 Å². The Labute approximate surface area is 91.4 Å². The molecule has 72 valence electrons. The quantitative estimate of drug-likeness (QED) is 0.818. The molecule has 0 aliphatic carbocycles. The van der Waals surface area contributed by atoms with Gasteiger partial charge in [0.05, 0.1) is 0 Å². The predicted molar refractivity (Wildman–Crippen MR) is 63.0 cm³/mol. The number of hydrogen-bond donors (Lipinski definition) is 1. The van der Waals surface area contributed by atoms with E-state index in [0.29, 0.717) is 6.04 Å².